The second kappa shape index (κ2) is 5.51. The van der Waals surface area contributed by atoms with E-state index in [-0.39, 0.29) is 5.56 Å². The third-order valence-electron chi connectivity index (χ3n) is 3.31. The number of β-amino-alcohol motifs (C(OH)–C–C–N with tert-alkyl or cyclic N) is 1. The fourth-order valence-corrected chi connectivity index (χ4v) is 2.20. The highest BCUT2D eigenvalue weighted by Gasteiger charge is 2.32. The van der Waals surface area contributed by atoms with Gasteiger partial charge in [0, 0.05) is 31.8 Å². The molecule has 0 spiro atoms. The lowest BCUT2D eigenvalue weighted by Crippen LogP contribution is -2.44. The summed E-state index contributed by atoms with van der Waals surface area (Å²) in [5, 5.41) is 23.3. The summed E-state index contributed by atoms with van der Waals surface area (Å²) < 4.78 is 13.3. The molecule has 108 valence electrons. The predicted octanol–water partition coefficient (Wildman–Crippen LogP) is 0.139. The summed E-state index contributed by atoms with van der Waals surface area (Å²) in [4.78, 5) is 23.4. The van der Waals surface area contributed by atoms with Crippen molar-refractivity contribution in [2.24, 2.45) is 0 Å². The lowest BCUT2D eigenvalue weighted by atomic mass is 10.1. The molecule has 2 rings (SSSR count). The summed E-state index contributed by atoms with van der Waals surface area (Å²) in [6.45, 7) is 0.784. The lowest BCUT2D eigenvalue weighted by Gasteiger charge is -2.26. The topological polar surface area (TPSA) is 95.7 Å². The summed E-state index contributed by atoms with van der Waals surface area (Å²) >= 11 is 0. The minimum absolute atomic E-state index is 0.113. The van der Waals surface area contributed by atoms with Crippen LogP contribution in [0.25, 0.3) is 0 Å². The first kappa shape index (κ1) is 14.4. The molecule has 1 amide bonds. The number of nitrogens with zero attached hydrogens (tertiary/aromatic N) is 2. The number of hydrogen-bond acceptors (Lipinski definition) is 5. The van der Waals surface area contributed by atoms with Gasteiger partial charge in [-0.25, -0.2) is 4.39 Å². The Morgan fingerprint density at radius 3 is 2.75 bits per heavy atom. The quantitative estimate of drug-likeness (QED) is 0.607. The highest BCUT2D eigenvalue weighted by atomic mass is 19.1. The molecule has 1 fully saturated rings. The fourth-order valence-electron chi connectivity index (χ4n) is 2.20. The van der Waals surface area contributed by atoms with E-state index < -0.39 is 34.5 Å². The summed E-state index contributed by atoms with van der Waals surface area (Å²) in [5.41, 5.74) is -0.592. The van der Waals surface area contributed by atoms with E-state index in [9.17, 15) is 24.4 Å². The molecule has 20 heavy (non-hydrogen) atoms. The van der Waals surface area contributed by atoms with Crippen LogP contribution in [-0.2, 0) is 0 Å². The number of aliphatic hydroxyl groups is 1. The van der Waals surface area contributed by atoms with Gasteiger partial charge in [-0.05, 0) is 6.07 Å². The van der Waals surface area contributed by atoms with Crippen molar-refractivity contribution in [1.29, 1.82) is 0 Å². The van der Waals surface area contributed by atoms with Crippen LogP contribution in [0.5, 0.6) is 0 Å². The molecule has 8 heteroatoms. The lowest BCUT2D eigenvalue weighted by molar-refractivity contribution is -0.385. The number of nitrogens with one attached hydrogen (secondary N) is 1. The second-order valence-electron chi connectivity index (χ2n) is 4.66. The maximum absolute atomic E-state index is 13.3. The Morgan fingerprint density at radius 1 is 1.50 bits per heavy atom. The number of aliphatic hydroxyl groups excluding tert-OH is 1. The van der Waals surface area contributed by atoms with E-state index in [0.717, 1.165) is 18.2 Å². The minimum Gasteiger partial charge on any atom is -0.390 e. The van der Waals surface area contributed by atoms with Crippen LogP contribution in [0.2, 0.25) is 0 Å². The molecule has 1 aromatic carbocycles. The van der Waals surface area contributed by atoms with E-state index >= 15 is 0 Å². The van der Waals surface area contributed by atoms with Gasteiger partial charge in [0.25, 0.3) is 11.6 Å². The molecule has 0 unspecified atom stereocenters. The summed E-state index contributed by atoms with van der Waals surface area (Å²) in [5.74, 6) is -1.42. The van der Waals surface area contributed by atoms with E-state index in [1.807, 2.05) is 0 Å². The molecule has 2 N–H and O–H groups in total. The molecule has 7 nitrogen and oxygen atoms in total. The molecule has 0 aromatic heterocycles. The zero-order valence-electron chi connectivity index (χ0n) is 10.7. The molecule has 1 aromatic rings. The highest BCUT2D eigenvalue weighted by molar-refractivity contribution is 5.95. The van der Waals surface area contributed by atoms with Gasteiger partial charge >= 0.3 is 0 Å². The molecule has 1 heterocycles. The molecule has 1 saturated heterocycles. The molecular weight excluding hydrogens is 269 g/mol. The Kier molecular flexibility index (Phi) is 3.96. The minimum atomic E-state index is -0.846. The summed E-state index contributed by atoms with van der Waals surface area (Å²) in [6, 6.07) is 2.28. The van der Waals surface area contributed by atoms with Crippen molar-refractivity contribution >= 4 is 11.6 Å². The molecular formula is C12H14FN3O4. The van der Waals surface area contributed by atoms with Crippen molar-refractivity contribution in [3.63, 3.8) is 0 Å². The number of likely N-dealkylation sites (N-methyl/N-ethyl adjacent to an activating group) is 1. The monoisotopic (exact) mass is 283 g/mol. The first-order chi connectivity index (χ1) is 9.40. The summed E-state index contributed by atoms with van der Waals surface area (Å²) in [7, 11) is 1.47. The van der Waals surface area contributed by atoms with Crippen molar-refractivity contribution in [2.45, 2.75) is 12.1 Å². The van der Waals surface area contributed by atoms with Gasteiger partial charge in [-0.3, -0.25) is 14.9 Å². The van der Waals surface area contributed by atoms with Crippen LogP contribution in [0.15, 0.2) is 18.2 Å². The molecule has 1 aliphatic rings. The van der Waals surface area contributed by atoms with Crippen molar-refractivity contribution in [3.05, 3.63) is 39.7 Å². The van der Waals surface area contributed by atoms with Crippen molar-refractivity contribution in [2.75, 3.05) is 20.1 Å². The number of carbonyl (C=O) groups excluding carboxylic acids is 1. The summed E-state index contributed by atoms with van der Waals surface area (Å²) in [6.07, 6.45) is -0.715. The molecule has 0 bridgehead atoms. The van der Waals surface area contributed by atoms with Gasteiger partial charge in [-0.2, -0.15) is 0 Å². The van der Waals surface area contributed by atoms with Gasteiger partial charge in [0.05, 0.1) is 23.1 Å². The van der Waals surface area contributed by atoms with Crippen LogP contribution in [0, 0.1) is 15.9 Å². The van der Waals surface area contributed by atoms with Crippen molar-refractivity contribution in [3.8, 4) is 0 Å². The van der Waals surface area contributed by atoms with E-state index in [2.05, 4.69) is 5.32 Å². The molecule has 0 aliphatic carbocycles. The number of nitro groups is 1. The molecule has 0 saturated carbocycles. The van der Waals surface area contributed by atoms with E-state index in [4.69, 9.17) is 0 Å². The average molecular weight is 283 g/mol. The maximum atomic E-state index is 13.3. The van der Waals surface area contributed by atoms with E-state index in [0.29, 0.717) is 13.1 Å². The number of rotatable bonds is 3. The number of halogens is 1. The predicted molar refractivity (Wildman–Crippen MR) is 67.8 cm³/mol. The smallest absolute Gasteiger partial charge is 0.273 e. The Balaban J connectivity index is 2.26. The largest absolute Gasteiger partial charge is 0.390 e. The van der Waals surface area contributed by atoms with Crippen LogP contribution >= 0.6 is 0 Å². The SMILES string of the molecule is CN(C(=O)c1cc(F)cc([N+](=O)[O-])c1)[C@H]1CNC[C@@H]1O. The Morgan fingerprint density at radius 2 is 2.20 bits per heavy atom. The van der Waals surface area contributed by atoms with Gasteiger partial charge in [0.2, 0.25) is 0 Å². The third kappa shape index (κ3) is 2.75. The van der Waals surface area contributed by atoms with Crippen LogP contribution < -0.4 is 5.32 Å². The number of hydrogen-bond donors (Lipinski definition) is 2. The van der Waals surface area contributed by atoms with Gasteiger partial charge < -0.3 is 15.3 Å². The standard InChI is InChI=1S/C12H14FN3O4/c1-15(10-5-14-6-11(10)17)12(18)7-2-8(13)4-9(3-7)16(19)20/h2-4,10-11,14,17H,5-6H2,1H3/t10-,11-/m0/s1. The molecule has 2 atom stereocenters. The van der Waals surface area contributed by atoms with Crippen LogP contribution in [-0.4, -0.2) is 53.1 Å². The highest BCUT2D eigenvalue weighted by Crippen LogP contribution is 2.19. The van der Waals surface area contributed by atoms with Gasteiger partial charge in [0.1, 0.15) is 5.82 Å². The molecule has 0 radical (unpaired) electrons. The second-order valence-corrected chi connectivity index (χ2v) is 4.66. The number of non-ortho nitro benzene ring substituents is 1. The Labute approximate surface area is 114 Å². The Hall–Kier alpha value is -2.06. The van der Waals surface area contributed by atoms with Crippen molar-refractivity contribution in [1.82, 2.24) is 10.2 Å². The number of carbonyl (C=O) groups is 1. The average Bonchev–Trinajstić information content (AvgIpc) is 2.82. The van der Waals surface area contributed by atoms with Gasteiger partial charge in [0.15, 0.2) is 0 Å². The molecule has 1 aliphatic heterocycles. The number of amides is 1. The van der Waals surface area contributed by atoms with Crippen LogP contribution in [0.3, 0.4) is 0 Å². The van der Waals surface area contributed by atoms with E-state index in [1.54, 1.807) is 0 Å². The fraction of sp³-hybridized carbons (Fsp3) is 0.417. The first-order valence-electron chi connectivity index (χ1n) is 6.01. The zero-order chi connectivity index (χ0) is 14.9. The van der Waals surface area contributed by atoms with Crippen LogP contribution in [0.4, 0.5) is 10.1 Å². The first-order valence-corrected chi connectivity index (χ1v) is 6.01. The normalized spacial score (nSPS) is 21.8. The van der Waals surface area contributed by atoms with Gasteiger partial charge in [-0.1, -0.05) is 0 Å². The number of nitro benzene ring substituents is 1. The van der Waals surface area contributed by atoms with Crippen LogP contribution in [0.1, 0.15) is 10.4 Å². The maximum Gasteiger partial charge on any atom is 0.273 e. The van der Waals surface area contributed by atoms with Gasteiger partial charge in [-0.15, -0.1) is 0 Å². The third-order valence-corrected chi connectivity index (χ3v) is 3.31. The zero-order valence-corrected chi connectivity index (χ0v) is 10.7. The van der Waals surface area contributed by atoms with Crippen molar-refractivity contribution < 1.29 is 19.2 Å². The number of benzene rings is 1. The Bertz CT molecular complexity index is 552. The van der Waals surface area contributed by atoms with E-state index in [1.165, 1.54) is 11.9 Å².